The highest BCUT2D eigenvalue weighted by molar-refractivity contribution is 6.35. The van der Waals surface area contributed by atoms with Gasteiger partial charge in [-0.25, -0.2) is 4.39 Å². The van der Waals surface area contributed by atoms with Gasteiger partial charge in [0.05, 0.1) is 31.9 Å². The molecule has 0 fully saturated rings. The van der Waals surface area contributed by atoms with Crippen molar-refractivity contribution in [1.82, 2.24) is 0 Å². The number of anilines is 1. The molecule has 32 heavy (non-hydrogen) atoms. The molecule has 1 spiro atoms. The van der Waals surface area contributed by atoms with Crippen LogP contribution in [0.2, 0.25) is 10.0 Å². The van der Waals surface area contributed by atoms with E-state index in [1.54, 1.807) is 38.5 Å². The van der Waals surface area contributed by atoms with Crippen molar-refractivity contribution in [2.24, 2.45) is 0 Å². The summed E-state index contributed by atoms with van der Waals surface area (Å²) in [4.78, 5) is 0. The van der Waals surface area contributed by atoms with E-state index >= 15 is 0 Å². The van der Waals surface area contributed by atoms with Crippen LogP contribution in [0.5, 0.6) is 17.2 Å². The van der Waals surface area contributed by atoms with E-state index in [1.165, 1.54) is 12.1 Å². The van der Waals surface area contributed by atoms with Crippen molar-refractivity contribution in [2.75, 3.05) is 19.5 Å². The smallest absolute Gasteiger partial charge is 0.240 e. The van der Waals surface area contributed by atoms with Crippen LogP contribution >= 0.6 is 23.2 Å². The number of benzene rings is 3. The van der Waals surface area contributed by atoms with Crippen LogP contribution in [0.15, 0.2) is 48.5 Å². The van der Waals surface area contributed by atoms with Crippen LogP contribution in [-0.4, -0.2) is 14.2 Å². The second-order valence-electron chi connectivity index (χ2n) is 7.75. The lowest BCUT2D eigenvalue weighted by atomic mass is 9.89. The van der Waals surface area contributed by atoms with E-state index in [-0.39, 0.29) is 18.5 Å². The molecule has 3 aromatic rings. The zero-order valence-electron chi connectivity index (χ0n) is 17.4. The van der Waals surface area contributed by atoms with E-state index < -0.39 is 5.79 Å². The maximum Gasteiger partial charge on any atom is 0.240 e. The lowest BCUT2D eigenvalue weighted by Crippen LogP contribution is -2.40. The van der Waals surface area contributed by atoms with Gasteiger partial charge < -0.3 is 24.3 Å². The minimum absolute atomic E-state index is 0.246. The summed E-state index contributed by atoms with van der Waals surface area (Å²) in [7, 11) is 3.19. The van der Waals surface area contributed by atoms with Crippen LogP contribution in [0.1, 0.15) is 29.2 Å². The summed E-state index contributed by atoms with van der Waals surface area (Å²) in [5.41, 5.74) is 3.08. The molecule has 0 radical (unpaired) electrons. The van der Waals surface area contributed by atoms with Gasteiger partial charge >= 0.3 is 0 Å². The Morgan fingerprint density at radius 1 is 1.03 bits per heavy atom. The normalized spacial score (nSPS) is 21.0. The summed E-state index contributed by atoms with van der Waals surface area (Å²) in [6.07, 6.45) is 0.402. The third kappa shape index (κ3) is 3.62. The van der Waals surface area contributed by atoms with Crippen LogP contribution in [0, 0.1) is 5.82 Å². The number of ether oxygens (including phenoxy) is 4. The van der Waals surface area contributed by atoms with Gasteiger partial charge in [0.15, 0.2) is 0 Å². The molecule has 0 saturated heterocycles. The number of halogens is 3. The third-order valence-corrected chi connectivity index (χ3v) is 6.31. The van der Waals surface area contributed by atoms with Crippen molar-refractivity contribution in [3.05, 3.63) is 81.1 Å². The first-order valence-corrected chi connectivity index (χ1v) is 10.8. The van der Waals surface area contributed by atoms with E-state index in [9.17, 15) is 4.39 Å². The molecule has 1 N–H and O–H groups in total. The first-order chi connectivity index (χ1) is 15.4. The SMILES string of the molecule is COc1cc(N[C@@H]2C[C@]3(OCc4cc(F)ccc43)Oc3cc(Cl)cc(Cl)c32)cc(OC)c1. The van der Waals surface area contributed by atoms with Gasteiger partial charge in [0.2, 0.25) is 5.79 Å². The predicted octanol–water partition coefficient (Wildman–Crippen LogP) is 6.47. The van der Waals surface area contributed by atoms with Crippen LogP contribution in [0.4, 0.5) is 10.1 Å². The van der Waals surface area contributed by atoms with Gasteiger partial charge in [-0.15, -0.1) is 0 Å². The van der Waals surface area contributed by atoms with Crippen molar-refractivity contribution in [3.8, 4) is 17.2 Å². The average molecular weight is 476 g/mol. The van der Waals surface area contributed by atoms with Crippen LogP contribution < -0.4 is 19.5 Å². The Morgan fingerprint density at radius 2 is 1.78 bits per heavy atom. The molecule has 2 heterocycles. The molecule has 0 bridgehead atoms. The Hall–Kier alpha value is -2.67. The predicted molar refractivity (Wildman–Crippen MR) is 120 cm³/mol. The molecule has 2 atom stereocenters. The molecule has 2 aliphatic heterocycles. The lowest BCUT2D eigenvalue weighted by Gasteiger charge is -2.40. The fourth-order valence-corrected chi connectivity index (χ4v) is 4.97. The number of hydrogen-bond acceptors (Lipinski definition) is 5. The molecular weight excluding hydrogens is 456 g/mol. The monoisotopic (exact) mass is 475 g/mol. The molecule has 2 aliphatic rings. The maximum atomic E-state index is 13.8. The molecule has 8 heteroatoms. The highest BCUT2D eigenvalue weighted by atomic mass is 35.5. The average Bonchev–Trinajstić information content (AvgIpc) is 3.09. The van der Waals surface area contributed by atoms with Crippen molar-refractivity contribution in [1.29, 1.82) is 0 Å². The number of hydrogen-bond donors (Lipinski definition) is 1. The number of methoxy groups -OCH3 is 2. The highest BCUT2D eigenvalue weighted by Crippen LogP contribution is 2.53. The van der Waals surface area contributed by atoms with E-state index in [1.807, 2.05) is 12.1 Å². The molecule has 3 aromatic carbocycles. The van der Waals surface area contributed by atoms with E-state index in [0.29, 0.717) is 33.7 Å². The van der Waals surface area contributed by atoms with Crippen molar-refractivity contribution >= 4 is 28.9 Å². The zero-order valence-corrected chi connectivity index (χ0v) is 18.9. The minimum Gasteiger partial charge on any atom is -0.497 e. The molecule has 0 aliphatic carbocycles. The van der Waals surface area contributed by atoms with Gasteiger partial charge in [0, 0.05) is 46.5 Å². The highest BCUT2D eigenvalue weighted by Gasteiger charge is 2.49. The third-order valence-electron chi connectivity index (χ3n) is 5.78. The lowest BCUT2D eigenvalue weighted by molar-refractivity contribution is -0.196. The summed E-state index contributed by atoms with van der Waals surface area (Å²) >= 11 is 12.9. The van der Waals surface area contributed by atoms with Crippen LogP contribution in [0.25, 0.3) is 0 Å². The topological polar surface area (TPSA) is 49.0 Å². The van der Waals surface area contributed by atoms with Gasteiger partial charge in [-0.1, -0.05) is 23.2 Å². The standard InChI is InChI=1S/C24H20Cl2FNO4/c1-29-17-8-16(9-18(10-17)30-2)28-21-11-24(19-4-3-15(27)5-13(19)12-31-24)32-22-7-14(25)6-20(26)23(21)22/h3-10,21,28H,11-12H2,1-2H3/t21-,24+/m1/s1. The fourth-order valence-electron chi connectivity index (χ4n) is 4.37. The number of nitrogens with one attached hydrogen (secondary N) is 1. The minimum atomic E-state index is -1.09. The van der Waals surface area contributed by atoms with E-state index in [2.05, 4.69) is 5.32 Å². The Morgan fingerprint density at radius 3 is 2.50 bits per heavy atom. The molecule has 5 nitrogen and oxygen atoms in total. The summed E-state index contributed by atoms with van der Waals surface area (Å²) in [5, 5.41) is 4.45. The van der Waals surface area contributed by atoms with E-state index in [0.717, 1.165) is 22.4 Å². The zero-order chi connectivity index (χ0) is 22.5. The summed E-state index contributed by atoms with van der Waals surface area (Å²) in [5.74, 6) is 0.399. The van der Waals surface area contributed by atoms with Crippen LogP contribution in [-0.2, 0) is 17.1 Å². The molecule has 0 amide bonds. The Bertz CT molecular complexity index is 1180. The van der Waals surface area contributed by atoms with Crippen molar-refractivity contribution in [3.63, 3.8) is 0 Å². The summed E-state index contributed by atoms with van der Waals surface area (Å²) in [6, 6.07) is 13.2. The molecule has 0 unspecified atom stereocenters. The molecule has 0 saturated carbocycles. The number of fused-ring (bicyclic) bond motifs is 3. The number of rotatable bonds is 4. The quantitative estimate of drug-likeness (QED) is 0.468. The molecule has 0 aromatic heterocycles. The van der Waals surface area contributed by atoms with E-state index in [4.69, 9.17) is 42.1 Å². The first kappa shape index (κ1) is 21.2. The second kappa shape index (κ2) is 8.03. The van der Waals surface area contributed by atoms with Gasteiger partial charge in [-0.3, -0.25) is 0 Å². The van der Waals surface area contributed by atoms with Gasteiger partial charge in [0.25, 0.3) is 0 Å². The summed E-state index contributed by atoms with van der Waals surface area (Å²) in [6.45, 7) is 0.246. The Balaban J connectivity index is 1.60. The largest absolute Gasteiger partial charge is 0.497 e. The van der Waals surface area contributed by atoms with Gasteiger partial charge in [0.1, 0.15) is 23.1 Å². The Kier molecular flexibility index (Phi) is 5.32. The van der Waals surface area contributed by atoms with Gasteiger partial charge in [-0.05, 0) is 35.9 Å². The molecule has 5 rings (SSSR count). The molecule has 166 valence electrons. The van der Waals surface area contributed by atoms with Crippen molar-refractivity contribution < 1.29 is 23.3 Å². The first-order valence-electron chi connectivity index (χ1n) is 10.0. The molecular formula is C24H20Cl2FNO4. The Labute approximate surface area is 194 Å². The fraction of sp³-hybridized carbons (Fsp3) is 0.250. The van der Waals surface area contributed by atoms with Crippen LogP contribution in [0.3, 0.4) is 0 Å². The maximum absolute atomic E-state index is 13.8. The second-order valence-corrected chi connectivity index (χ2v) is 8.59. The van der Waals surface area contributed by atoms with Gasteiger partial charge in [-0.2, -0.15) is 0 Å². The van der Waals surface area contributed by atoms with Crippen molar-refractivity contribution in [2.45, 2.75) is 24.9 Å². The summed E-state index contributed by atoms with van der Waals surface area (Å²) < 4.78 is 37.1.